The first-order chi connectivity index (χ1) is 9.77. The van der Waals surface area contributed by atoms with Gasteiger partial charge in [-0.2, -0.15) is 0 Å². The van der Waals surface area contributed by atoms with Gasteiger partial charge in [0, 0.05) is 32.6 Å². The molecule has 0 aromatic heterocycles. The molecule has 0 radical (unpaired) electrons. The van der Waals surface area contributed by atoms with E-state index in [1.54, 1.807) is 20.8 Å². The molecule has 1 amide bonds. The second-order valence-corrected chi connectivity index (χ2v) is 6.11. The molecule has 1 rings (SSSR count). The van der Waals surface area contributed by atoms with Gasteiger partial charge in [0.1, 0.15) is 11.9 Å². The zero-order valence-electron chi connectivity index (χ0n) is 13.7. The Balaban J connectivity index is 2.81. The molecule has 0 saturated carbocycles. The Morgan fingerprint density at radius 2 is 1.86 bits per heavy atom. The van der Waals surface area contributed by atoms with E-state index in [1.807, 2.05) is 13.8 Å². The first-order valence-electron chi connectivity index (χ1n) is 7.49. The summed E-state index contributed by atoms with van der Waals surface area (Å²) >= 11 is 0. The van der Waals surface area contributed by atoms with Crippen molar-refractivity contribution < 1.29 is 23.8 Å². The standard InChI is InChI=1S/C15H27NO5/c1-6-19-15(20-7-2)8-9-16(12(10-15)11-17)13(18)21-14(3,4)5/h11-12H,6-10H2,1-5H3/t12-/m1/s1. The maximum Gasteiger partial charge on any atom is 0.410 e. The van der Waals surface area contributed by atoms with Crippen LogP contribution in [0.15, 0.2) is 0 Å². The first kappa shape index (κ1) is 17.9. The number of nitrogens with zero attached hydrogens (tertiary/aromatic N) is 1. The van der Waals surface area contributed by atoms with Crippen molar-refractivity contribution in [1.82, 2.24) is 4.90 Å². The molecule has 0 spiro atoms. The normalized spacial score (nSPS) is 22.0. The van der Waals surface area contributed by atoms with Crippen LogP contribution in [-0.2, 0) is 19.0 Å². The van der Waals surface area contributed by atoms with Crippen molar-refractivity contribution in [2.24, 2.45) is 0 Å². The molecule has 1 heterocycles. The van der Waals surface area contributed by atoms with E-state index in [4.69, 9.17) is 14.2 Å². The molecule has 6 heteroatoms. The van der Waals surface area contributed by atoms with Crippen LogP contribution in [0.1, 0.15) is 47.5 Å². The minimum absolute atomic E-state index is 0.331. The third-order valence-electron chi connectivity index (χ3n) is 3.25. The summed E-state index contributed by atoms with van der Waals surface area (Å²) in [4.78, 5) is 25.0. The van der Waals surface area contributed by atoms with Crippen LogP contribution in [-0.4, -0.2) is 54.5 Å². The molecular formula is C15H27NO5. The van der Waals surface area contributed by atoms with Gasteiger partial charge in [-0.15, -0.1) is 0 Å². The second kappa shape index (κ2) is 7.22. The molecule has 0 bridgehead atoms. The maximum atomic E-state index is 12.2. The van der Waals surface area contributed by atoms with Gasteiger partial charge in [0.2, 0.25) is 0 Å². The molecule has 1 aliphatic rings. The fourth-order valence-electron chi connectivity index (χ4n) is 2.49. The second-order valence-electron chi connectivity index (χ2n) is 6.11. The minimum Gasteiger partial charge on any atom is -0.444 e. The van der Waals surface area contributed by atoms with Crippen molar-refractivity contribution in [2.45, 2.75) is 64.9 Å². The smallest absolute Gasteiger partial charge is 0.410 e. The predicted octanol–water partition coefficient (Wildman–Crippen LogP) is 2.35. The monoisotopic (exact) mass is 301 g/mol. The van der Waals surface area contributed by atoms with Gasteiger partial charge in [-0.05, 0) is 34.6 Å². The molecule has 1 aliphatic heterocycles. The van der Waals surface area contributed by atoms with Crippen LogP contribution >= 0.6 is 0 Å². The number of likely N-dealkylation sites (tertiary alicyclic amines) is 1. The average Bonchev–Trinajstić information content (AvgIpc) is 2.37. The molecule has 1 atom stereocenters. The van der Waals surface area contributed by atoms with Gasteiger partial charge >= 0.3 is 6.09 Å². The number of rotatable bonds is 5. The number of ether oxygens (including phenoxy) is 3. The van der Waals surface area contributed by atoms with Crippen LogP contribution in [0, 0.1) is 0 Å². The molecule has 0 N–H and O–H groups in total. The molecule has 1 saturated heterocycles. The molecule has 122 valence electrons. The molecule has 0 aromatic carbocycles. The highest BCUT2D eigenvalue weighted by Gasteiger charge is 2.44. The van der Waals surface area contributed by atoms with E-state index in [0.29, 0.717) is 32.6 Å². The first-order valence-corrected chi connectivity index (χ1v) is 7.49. The summed E-state index contributed by atoms with van der Waals surface area (Å²) in [6.45, 7) is 10.5. The van der Waals surface area contributed by atoms with E-state index in [2.05, 4.69) is 0 Å². The topological polar surface area (TPSA) is 65.1 Å². The van der Waals surface area contributed by atoms with Crippen molar-refractivity contribution in [3.05, 3.63) is 0 Å². The summed E-state index contributed by atoms with van der Waals surface area (Å²) in [6, 6.07) is -0.591. The number of aldehydes is 1. The summed E-state index contributed by atoms with van der Waals surface area (Å²) in [5.41, 5.74) is -0.584. The SMILES string of the molecule is CCOC1(OCC)CCN(C(=O)OC(C)(C)C)[C@@H](C=O)C1. The lowest BCUT2D eigenvalue weighted by molar-refractivity contribution is -0.257. The van der Waals surface area contributed by atoms with Gasteiger partial charge < -0.3 is 19.0 Å². The average molecular weight is 301 g/mol. The zero-order chi connectivity index (χ0) is 16.1. The number of hydrogen-bond donors (Lipinski definition) is 0. The van der Waals surface area contributed by atoms with Crippen molar-refractivity contribution in [3.63, 3.8) is 0 Å². The van der Waals surface area contributed by atoms with Crippen molar-refractivity contribution in [1.29, 1.82) is 0 Å². The molecule has 0 unspecified atom stereocenters. The van der Waals surface area contributed by atoms with Gasteiger partial charge in [0.25, 0.3) is 0 Å². The summed E-state index contributed by atoms with van der Waals surface area (Å²) in [5, 5.41) is 0. The third kappa shape index (κ3) is 4.97. The Morgan fingerprint density at radius 3 is 2.29 bits per heavy atom. The minimum atomic E-state index is -0.784. The lowest BCUT2D eigenvalue weighted by Gasteiger charge is -2.44. The number of carbonyl (C=O) groups is 2. The van der Waals surface area contributed by atoms with Crippen LogP contribution in [0.3, 0.4) is 0 Å². The molecule has 21 heavy (non-hydrogen) atoms. The van der Waals surface area contributed by atoms with E-state index < -0.39 is 23.5 Å². The van der Waals surface area contributed by atoms with Gasteiger partial charge in [0.05, 0.1) is 6.04 Å². The molecule has 1 fully saturated rings. The fraction of sp³-hybridized carbons (Fsp3) is 0.867. The van der Waals surface area contributed by atoms with Crippen LogP contribution in [0.4, 0.5) is 4.79 Å². The highest BCUT2D eigenvalue weighted by molar-refractivity contribution is 5.74. The highest BCUT2D eigenvalue weighted by atomic mass is 16.7. The molecule has 6 nitrogen and oxygen atoms in total. The van der Waals surface area contributed by atoms with Gasteiger partial charge in [-0.1, -0.05) is 0 Å². The highest BCUT2D eigenvalue weighted by Crippen LogP contribution is 2.32. The van der Waals surface area contributed by atoms with E-state index in [-0.39, 0.29) is 0 Å². The van der Waals surface area contributed by atoms with E-state index >= 15 is 0 Å². The Hall–Kier alpha value is -1.14. The van der Waals surface area contributed by atoms with Crippen LogP contribution in [0.25, 0.3) is 0 Å². The Labute approximate surface area is 126 Å². The van der Waals surface area contributed by atoms with Crippen molar-refractivity contribution in [2.75, 3.05) is 19.8 Å². The van der Waals surface area contributed by atoms with Crippen molar-refractivity contribution >= 4 is 12.4 Å². The molecule has 0 aromatic rings. The molecule has 0 aliphatic carbocycles. The summed E-state index contributed by atoms with van der Waals surface area (Å²) in [7, 11) is 0. The number of amides is 1. The lowest BCUT2D eigenvalue weighted by Crippen LogP contribution is -2.56. The Bertz CT molecular complexity index is 358. The molecular weight excluding hydrogens is 274 g/mol. The summed E-state index contributed by atoms with van der Waals surface area (Å²) in [5.74, 6) is -0.784. The van der Waals surface area contributed by atoms with Gasteiger partial charge in [0.15, 0.2) is 5.79 Å². The number of hydrogen-bond acceptors (Lipinski definition) is 5. The number of carbonyl (C=O) groups excluding carboxylic acids is 2. The van der Waals surface area contributed by atoms with Crippen LogP contribution < -0.4 is 0 Å². The Kier molecular flexibility index (Phi) is 6.16. The van der Waals surface area contributed by atoms with Gasteiger partial charge in [-0.25, -0.2) is 4.79 Å². The third-order valence-corrected chi connectivity index (χ3v) is 3.25. The van der Waals surface area contributed by atoms with Crippen LogP contribution in [0.5, 0.6) is 0 Å². The zero-order valence-corrected chi connectivity index (χ0v) is 13.7. The largest absolute Gasteiger partial charge is 0.444 e. The maximum absolute atomic E-state index is 12.2. The van der Waals surface area contributed by atoms with Crippen molar-refractivity contribution in [3.8, 4) is 0 Å². The van der Waals surface area contributed by atoms with E-state index in [0.717, 1.165) is 6.29 Å². The lowest BCUT2D eigenvalue weighted by atomic mass is 9.96. The fourth-order valence-corrected chi connectivity index (χ4v) is 2.49. The number of piperidine rings is 1. The van der Waals surface area contributed by atoms with Crippen LogP contribution in [0.2, 0.25) is 0 Å². The Morgan fingerprint density at radius 1 is 1.29 bits per heavy atom. The summed E-state index contributed by atoms with van der Waals surface area (Å²) < 4.78 is 16.8. The van der Waals surface area contributed by atoms with E-state index in [9.17, 15) is 9.59 Å². The van der Waals surface area contributed by atoms with Gasteiger partial charge in [-0.3, -0.25) is 4.90 Å². The summed E-state index contributed by atoms with van der Waals surface area (Å²) in [6.07, 6.45) is 1.15. The quantitative estimate of drug-likeness (QED) is 0.576. The van der Waals surface area contributed by atoms with E-state index in [1.165, 1.54) is 4.90 Å². The predicted molar refractivity (Wildman–Crippen MR) is 78.0 cm³/mol.